The van der Waals surface area contributed by atoms with Crippen LogP contribution in [0.15, 0.2) is 42.5 Å². The molecule has 0 radical (unpaired) electrons. The topological polar surface area (TPSA) is 159 Å². The van der Waals surface area contributed by atoms with Gasteiger partial charge in [0, 0.05) is 18.7 Å². The van der Waals surface area contributed by atoms with Crippen LogP contribution >= 0.6 is 11.3 Å². The number of nitrogens with two attached hydrogens (primary N) is 1. The number of anilines is 2. The quantitative estimate of drug-likeness (QED) is 0.341. The van der Waals surface area contributed by atoms with Crippen LogP contribution in [0.3, 0.4) is 0 Å². The molecule has 3 heterocycles. The van der Waals surface area contributed by atoms with Crippen molar-refractivity contribution in [2.24, 2.45) is 5.73 Å². The summed E-state index contributed by atoms with van der Waals surface area (Å²) in [5.74, 6) is -0.161. The predicted molar refractivity (Wildman–Crippen MR) is 139 cm³/mol. The number of hydrogen-bond acceptors (Lipinski definition) is 10. The highest BCUT2D eigenvalue weighted by Gasteiger charge is 2.28. The Kier molecular flexibility index (Phi) is 7.43. The van der Waals surface area contributed by atoms with E-state index in [-0.39, 0.29) is 23.8 Å². The van der Waals surface area contributed by atoms with Crippen LogP contribution in [0.2, 0.25) is 0 Å². The summed E-state index contributed by atoms with van der Waals surface area (Å²) in [6, 6.07) is 12.1. The molecule has 1 aromatic carbocycles. The number of carbonyl (C=O) groups excluding carboxylic acids is 1. The molecular formula is C24H29N5O5S2. The second-order valence-corrected chi connectivity index (χ2v) is 12.5. The van der Waals surface area contributed by atoms with Gasteiger partial charge in [-0.2, -0.15) is 0 Å². The molecule has 10 nitrogen and oxygen atoms in total. The summed E-state index contributed by atoms with van der Waals surface area (Å²) < 4.78 is 23.6. The van der Waals surface area contributed by atoms with E-state index in [0.29, 0.717) is 34.6 Å². The van der Waals surface area contributed by atoms with Gasteiger partial charge in [-0.15, -0.1) is 0 Å². The Balaban J connectivity index is 1.58. The third-order valence-corrected chi connectivity index (χ3v) is 8.67. The molecule has 0 bridgehead atoms. The van der Waals surface area contributed by atoms with E-state index in [0.717, 1.165) is 11.1 Å². The highest BCUT2D eigenvalue weighted by atomic mass is 32.2. The fourth-order valence-corrected chi connectivity index (χ4v) is 6.19. The molecule has 0 saturated carbocycles. The van der Waals surface area contributed by atoms with Gasteiger partial charge in [0.2, 0.25) is 0 Å². The highest BCUT2D eigenvalue weighted by molar-refractivity contribution is 7.91. The summed E-state index contributed by atoms with van der Waals surface area (Å²) in [6.45, 7) is 3.84. The van der Waals surface area contributed by atoms with Crippen molar-refractivity contribution < 1.29 is 23.4 Å². The second kappa shape index (κ2) is 10.2. The lowest BCUT2D eigenvalue weighted by atomic mass is 9.97. The minimum atomic E-state index is -3.05. The van der Waals surface area contributed by atoms with Crippen LogP contribution in [0.1, 0.15) is 41.6 Å². The molecule has 1 saturated heterocycles. The summed E-state index contributed by atoms with van der Waals surface area (Å²) in [5, 5.41) is 24.3. The summed E-state index contributed by atoms with van der Waals surface area (Å²) >= 11 is 1.24. The Morgan fingerprint density at radius 1 is 1.17 bits per heavy atom. The van der Waals surface area contributed by atoms with Gasteiger partial charge in [0.15, 0.2) is 15.5 Å². The van der Waals surface area contributed by atoms with Gasteiger partial charge in [0.05, 0.1) is 35.4 Å². The summed E-state index contributed by atoms with van der Waals surface area (Å²) in [5.41, 5.74) is 6.79. The number of aromatic nitrogens is 2. The zero-order valence-corrected chi connectivity index (χ0v) is 21.6. The van der Waals surface area contributed by atoms with E-state index in [4.69, 9.17) is 5.73 Å². The maximum atomic E-state index is 12.1. The van der Waals surface area contributed by atoms with E-state index in [1.165, 1.54) is 11.3 Å². The van der Waals surface area contributed by atoms with E-state index in [2.05, 4.69) is 15.3 Å². The van der Waals surface area contributed by atoms with E-state index >= 15 is 0 Å². The van der Waals surface area contributed by atoms with Crippen LogP contribution in [0.4, 0.5) is 10.8 Å². The number of thiazole rings is 1. The van der Waals surface area contributed by atoms with Crippen LogP contribution in [-0.4, -0.2) is 70.6 Å². The Hall–Kier alpha value is -2.90. The second-order valence-electron chi connectivity index (χ2n) is 9.16. The molecule has 1 unspecified atom stereocenters. The highest BCUT2D eigenvalue weighted by Crippen LogP contribution is 2.35. The third-order valence-electron chi connectivity index (χ3n) is 6.05. The van der Waals surface area contributed by atoms with Gasteiger partial charge in [-0.05, 0) is 31.5 Å². The van der Waals surface area contributed by atoms with Crippen molar-refractivity contribution in [1.82, 2.24) is 14.9 Å². The van der Waals surface area contributed by atoms with Crippen molar-refractivity contribution in [2.75, 3.05) is 36.5 Å². The number of primary amides is 1. The van der Waals surface area contributed by atoms with Gasteiger partial charge < -0.3 is 21.3 Å². The van der Waals surface area contributed by atoms with Gasteiger partial charge in [-0.25, -0.2) is 18.4 Å². The summed E-state index contributed by atoms with van der Waals surface area (Å²) in [7, 11) is -3.05. The Labute approximate surface area is 213 Å². The first-order chi connectivity index (χ1) is 17.0. The first kappa shape index (κ1) is 26.2. The molecular weight excluding hydrogens is 502 g/mol. The summed E-state index contributed by atoms with van der Waals surface area (Å²) in [4.78, 5) is 23.0. The number of rotatable bonds is 8. The van der Waals surface area contributed by atoms with E-state index in [1.54, 1.807) is 44.2 Å². The van der Waals surface area contributed by atoms with E-state index < -0.39 is 27.4 Å². The average molecular weight is 532 g/mol. The number of amides is 1. The lowest BCUT2D eigenvalue weighted by Gasteiger charge is -2.33. The van der Waals surface area contributed by atoms with Crippen molar-refractivity contribution in [3.63, 3.8) is 0 Å². The molecule has 12 heteroatoms. The molecule has 2 aromatic heterocycles. The summed E-state index contributed by atoms with van der Waals surface area (Å²) in [6.07, 6.45) is 0. The number of benzene rings is 1. The standard InChI is InChI=1S/C24H29N5O5S2/c1-24(2,32)16-8-6-15(7-9-16)22-28-20(21(25)31)23(35-22)27-19-5-3-4-17(26-19)18(14-30)29-10-12-36(33,34)13-11-29/h3-9,18,30,32H,10-14H2,1-2H3,(H2,25,31)(H,26,27). The maximum absolute atomic E-state index is 12.1. The van der Waals surface area contributed by atoms with Gasteiger partial charge in [-0.3, -0.25) is 9.69 Å². The smallest absolute Gasteiger partial charge is 0.270 e. The van der Waals surface area contributed by atoms with Crippen molar-refractivity contribution in [2.45, 2.75) is 25.5 Å². The number of hydrogen-bond donors (Lipinski definition) is 4. The SMILES string of the molecule is CC(C)(O)c1ccc(-c2nc(C(N)=O)c(Nc3cccc(C(CO)N4CCS(=O)(=O)CC4)n3)s2)cc1. The molecule has 3 aromatic rings. The zero-order valence-electron chi connectivity index (χ0n) is 20.0. The number of nitrogens with zero attached hydrogens (tertiary/aromatic N) is 3. The third kappa shape index (κ3) is 5.90. The molecule has 1 fully saturated rings. The molecule has 0 spiro atoms. The van der Waals surface area contributed by atoms with Gasteiger partial charge >= 0.3 is 0 Å². The van der Waals surface area contributed by atoms with Crippen LogP contribution in [0.5, 0.6) is 0 Å². The number of nitrogens with one attached hydrogen (secondary N) is 1. The first-order valence-electron chi connectivity index (χ1n) is 11.4. The zero-order chi connectivity index (χ0) is 26.1. The minimum absolute atomic E-state index is 0.0455. The molecule has 192 valence electrons. The fraction of sp³-hybridized carbons (Fsp3) is 0.375. The lowest BCUT2D eigenvalue weighted by Crippen LogP contribution is -2.43. The van der Waals surface area contributed by atoms with E-state index in [1.807, 2.05) is 17.0 Å². The van der Waals surface area contributed by atoms with Crippen LogP contribution in [0.25, 0.3) is 10.6 Å². The Bertz CT molecular complexity index is 1340. The maximum Gasteiger partial charge on any atom is 0.270 e. The molecule has 1 amide bonds. The minimum Gasteiger partial charge on any atom is -0.394 e. The predicted octanol–water partition coefficient (Wildman–Crippen LogP) is 2.04. The number of aliphatic hydroxyl groups excluding tert-OH is 1. The van der Waals surface area contributed by atoms with Crippen LogP contribution in [0, 0.1) is 0 Å². The Morgan fingerprint density at radius 2 is 1.83 bits per heavy atom. The van der Waals surface area contributed by atoms with Crippen LogP contribution < -0.4 is 11.1 Å². The molecule has 4 rings (SSSR count). The number of sulfone groups is 1. The Morgan fingerprint density at radius 3 is 2.42 bits per heavy atom. The number of pyridine rings is 1. The largest absolute Gasteiger partial charge is 0.394 e. The van der Waals surface area contributed by atoms with Gasteiger partial charge in [0.1, 0.15) is 15.8 Å². The monoisotopic (exact) mass is 531 g/mol. The molecule has 1 aliphatic heterocycles. The lowest BCUT2D eigenvalue weighted by molar-refractivity contribution is 0.0786. The van der Waals surface area contributed by atoms with Crippen molar-refractivity contribution in [1.29, 1.82) is 0 Å². The van der Waals surface area contributed by atoms with Gasteiger partial charge in [-0.1, -0.05) is 41.7 Å². The molecule has 1 atom stereocenters. The van der Waals surface area contributed by atoms with E-state index in [9.17, 15) is 23.4 Å². The average Bonchev–Trinajstić information content (AvgIpc) is 3.24. The normalized spacial score (nSPS) is 17.0. The van der Waals surface area contributed by atoms with Crippen LogP contribution in [-0.2, 0) is 15.4 Å². The number of aliphatic hydroxyl groups is 2. The molecule has 36 heavy (non-hydrogen) atoms. The fourth-order valence-electron chi connectivity index (χ4n) is 3.97. The first-order valence-corrected chi connectivity index (χ1v) is 14.0. The van der Waals surface area contributed by atoms with Crippen molar-refractivity contribution in [3.05, 3.63) is 59.4 Å². The number of carbonyl (C=O) groups is 1. The molecule has 0 aliphatic carbocycles. The molecule has 1 aliphatic rings. The van der Waals surface area contributed by atoms with Crippen molar-refractivity contribution >= 4 is 37.9 Å². The van der Waals surface area contributed by atoms with Gasteiger partial charge in [0.25, 0.3) is 5.91 Å². The van der Waals surface area contributed by atoms with Crippen molar-refractivity contribution in [3.8, 4) is 10.6 Å². The molecule has 5 N–H and O–H groups in total.